The maximum Gasteiger partial charge on any atom is 0.239 e. The van der Waals surface area contributed by atoms with Crippen LogP contribution in [0.4, 0.5) is 0 Å². The Bertz CT molecular complexity index is 413. The second kappa shape index (κ2) is 6.54. The van der Waals surface area contributed by atoms with Crippen molar-refractivity contribution in [1.29, 1.82) is 0 Å². The van der Waals surface area contributed by atoms with Gasteiger partial charge in [-0.1, -0.05) is 12.1 Å². The number of morpholine rings is 1. The van der Waals surface area contributed by atoms with Gasteiger partial charge in [0.15, 0.2) is 0 Å². The van der Waals surface area contributed by atoms with Crippen LogP contribution in [0.25, 0.3) is 0 Å². The Morgan fingerprint density at radius 3 is 2.58 bits per heavy atom. The molecule has 0 unspecified atom stereocenters. The highest BCUT2D eigenvalue weighted by molar-refractivity contribution is 5.82. The summed E-state index contributed by atoms with van der Waals surface area (Å²) < 4.78 is 10.3. The molecule has 1 aromatic carbocycles. The lowest BCUT2D eigenvalue weighted by molar-refractivity contribution is -0.136. The lowest BCUT2D eigenvalue weighted by atomic mass is 10.1. The number of carbonyl (C=O) groups is 1. The Hall–Kier alpha value is -1.59. The first-order valence-corrected chi connectivity index (χ1v) is 6.46. The molecule has 1 aliphatic heterocycles. The van der Waals surface area contributed by atoms with Crippen molar-refractivity contribution in [2.45, 2.75) is 12.5 Å². The second-order valence-electron chi connectivity index (χ2n) is 4.60. The van der Waals surface area contributed by atoms with E-state index < -0.39 is 6.04 Å². The maximum atomic E-state index is 12.1. The first-order valence-electron chi connectivity index (χ1n) is 6.46. The maximum absolute atomic E-state index is 12.1. The number of nitrogens with two attached hydrogens (primary N) is 1. The van der Waals surface area contributed by atoms with Crippen LogP contribution in [0.2, 0.25) is 0 Å². The molecule has 2 N–H and O–H groups in total. The average molecular weight is 264 g/mol. The minimum absolute atomic E-state index is 0.000817. The number of carbonyl (C=O) groups excluding carboxylic acids is 1. The number of rotatable bonds is 4. The molecule has 0 bridgehead atoms. The predicted octanol–water partition coefficient (Wildman–Crippen LogP) is 0.424. The molecule has 2 rings (SSSR count). The predicted molar refractivity (Wildman–Crippen MR) is 72.1 cm³/mol. The molecule has 0 spiro atoms. The number of nitrogens with zero attached hydrogens (tertiary/aromatic N) is 1. The Labute approximate surface area is 113 Å². The van der Waals surface area contributed by atoms with Crippen molar-refractivity contribution in [3.63, 3.8) is 0 Å². The standard InChI is InChI=1S/C14H20N2O3/c1-18-12-4-2-11(3-5-12)10-13(15)14(17)16-6-8-19-9-7-16/h2-5,13H,6-10,15H2,1H3/t13-/m1/s1. The van der Waals surface area contributed by atoms with E-state index in [0.717, 1.165) is 11.3 Å². The third-order valence-corrected chi connectivity index (χ3v) is 3.25. The molecule has 0 aliphatic carbocycles. The van der Waals surface area contributed by atoms with Crippen molar-refractivity contribution in [3.05, 3.63) is 29.8 Å². The number of amides is 1. The van der Waals surface area contributed by atoms with Gasteiger partial charge in [0.25, 0.3) is 0 Å². The molecular formula is C14H20N2O3. The number of hydrogen-bond acceptors (Lipinski definition) is 4. The molecule has 1 atom stereocenters. The van der Waals surface area contributed by atoms with Gasteiger partial charge >= 0.3 is 0 Å². The van der Waals surface area contributed by atoms with E-state index in [9.17, 15) is 4.79 Å². The van der Waals surface area contributed by atoms with E-state index in [-0.39, 0.29) is 5.91 Å². The van der Waals surface area contributed by atoms with Gasteiger partial charge in [-0.05, 0) is 24.1 Å². The zero-order valence-corrected chi connectivity index (χ0v) is 11.2. The highest BCUT2D eigenvalue weighted by atomic mass is 16.5. The van der Waals surface area contributed by atoms with Crippen LogP contribution in [0.5, 0.6) is 5.75 Å². The summed E-state index contributed by atoms with van der Waals surface area (Å²) in [5, 5.41) is 0. The summed E-state index contributed by atoms with van der Waals surface area (Å²) in [4.78, 5) is 13.9. The van der Waals surface area contributed by atoms with E-state index in [1.54, 1.807) is 12.0 Å². The van der Waals surface area contributed by atoms with Crippen LogP contribution in [-0.4, -0.2) is 50.3 Å². The summed E-state index contributed by atoms with van der Waals surface area (Å²) in [6.45, 7) is 2.46. The van der Waals surface area contributed by atoms with Crippen molar-refractivity contribution in [3.8, 4) is 5.75 Å². The molecule has 19 heavy (non-hydrogen) atoms. The van der Waals surface area contributed by atoms with Gasteiger partial charge in [-0.15, -0.1) is 0 Å². The summed E-state index contributed by atoms with van der Waals surface area (Å²) >= 11 is 0. The molecule has 1 heterocycles. The first kappa shape index (κ1) is 13.8. The zero-order valence-electron chi connectivity index (χ0n) is 11.2. The number of methoxy groups -OCH3 is 1. The van der Waals surface area contributed by atoms with Gasteiger partial charge in [0.2, 0.25) is 5.91 Å². The summed E-state index contributed by atoms with van der Waals surface area (Å²) in [5.41, 5.74) is 7.02. The van der Waals surface area contributed by atoms with E-state index in [0.29, 0.717) is 32.7 Å². The average Bonchev–Trinajstić information content (AvgIpc) is 2.48. The number of ether oxygens (including phenoxy) is 2. The molecular weight excluding hydrogens is 244 g/mol. The molecule has 0 aromatic heterocycles. The van der Waals surface area contributed by atoms with Crippen molar-refractivity contribution >= 4 is 5.91 Å². The monoisotopic (exact) mass is 264 g/mol. The fourth-order valence-corrected chi connectivity index (χ4v) is 2.12. The van der Waals surface area contributed by atoms with Crippen molar-refractivity contribution in [2.24, 2.45) is 5.73 Å². The molecule has 1 fully saturated rings. The third-order valence-electron chi connectivity index (χ3n) is 3.25. The summed E-state index contributed by atoms with van der Waals surface area (Å²) in [6.07, 6.45) is 0.542. The van der Waals surface area contributed by atoms with Crippen LogP contribution in [0.15, 0.2) is 24.3 Å². The lowest BCUT2D eigenvalue weighted by Crippen LogP contribution is -2.49. The van der Waals surface area contributed by atoms with E-state index in [1.807, 2.05) is 24.3 Å². The fourth-order valence-electron chi connectivity index (χ4n) is 2.12. The van der Waals surface area contributed by atoms with E-state index >= 15 is 0 Å². The molecule has 1 aliphatic rings. The van der Waals surface area contributed by atoms with Gasteiger partial charge in [0, 0.05) is 13.1 Å². The van der Waals surface area contributed by atoms with Crippen molar-refractivity contribution in [2.75, 3.05) is 33.4 Å². The fraction of sp³-hybridized carbons (Fsp3) is 0.500. The largest absolute Gasteiger partial charge is 0.497 e. The molecule has 0 radical (unpaired) electrons. The van der Waals surface area contributed by atoms with E-state index in [4.69, 9.17) is 15.2 Å². The summed E-state index contributed by atoms with van der Waals surface area (Å²) in [7, 11) is 1.63. The highest BCUT2D eigenvalue weighted by Crippen LogP contribution is 2.13. The minimum Gasteiger partial charge on any atom is -0.497 e. The molecule has 1 aromatic rings. The minimum atomic E-state index is -0.494. The Morgan fingerprint density at radius 1 is 1.37 bits per heavy atom. The van der Waals surface area contributed by atoms with Gasteiger partial charge in [0.05, 0.1) is 26.4 Å². The Kier molecular flexibility index (Phi) is 4.76. The van der Waals surface area contributed by atoms with Crippen LogP contribution in [-0.2, 0) is 16.0 Å². The van der Waals surface area contributed by atoms with Crippen LogP contribution in [0.3, 0.4) is 0 Å². The van der Waals surface area contributed by atoms with Crippen LogP contribution in [0, 0.1) is 0 Å². The Balaban J connectivity index is 1.91. The highest BCUT2D eigenvalue weighted by Gasteiger charge is 2.22. The molecule has 1 saturated heterocycles. The summed E-state index contributed by atoms with van der Waals surface area (Å²) in [5.74, 6) is 0.802. The molecule has 0 saturated carbocycles. The molecule has 5 heteroatoms. The lowest BCUT2D eigenvalue weighted by Gasteiger charge is -2.29. The SMILES string of the molecule is COc1ccc(C[C@@H](N)C(=O)N2CCOCC2)cc1. The van der Waals surface area contributed by atoms with Gasteiger partial charge in [-0.25, -0.2) is 0 Å². The van der Waals surface area contributed by atoms with E-state index in [1.165, 1.54) is 0 Å². The number of benzene rings is 1. The topological polar surface area (TPSA) is 64.8 Å². The third kappa shape index (κ3) is 3.68. The smallest absolute Gasteiger partial charge is 0.239 e. The van der Waals surface area contributed by atoms with E-state index in [2.05, 4.69) is 0 Å². The number of hydrogen-bond donors (Lipinski definition) is 1. The molecule has 104 valence electrons. The van der Waals surface area contributed by atoms with Gasteiger partial charge in [-0.2, -0.15) is 0 Å². The van der Waals surface area contributed by atoms with Crippen LogP contribution < -0.4 is 10.5 Å². The van der Waals surface area contributed by atoms with Crippen molar-refractivity contribution < 1.29 is 14.3 Å². The van der Waals surface area contributed by atoms with Gasteiger partial charge < -0.3 is 20.1 Å². The normalized spacial score (nSPS) is 17.1. The first-order chi connectivity index (χ1) is 9.20. The molecule has 1 amide bonds. The quantitative estimate of drug-likeness (QED) is 0.856. The van der Waals surface area contributed by atoms with Crippen LogP contribution in [0.1, 0.15) is 5.56 Å². The zero-order chi connectivity index (χ0) is 13.7. The molecule has 5 nitrogen and oxygen atoms in total. The van der Waals surface area contributed by atoms with Crippen molar-refractivity contribution in [1.82, 2.24) is 4.90 Å². The summed E-state index contributed by atoms with van der Waals surface area (Å²) in [6, 6.07) is 7.13. The van der Waals surface area contributed by atoms with Crippen LogP contribution >= 0.6 is 0 Å². The van der Waals surface area contributed by atoms with Gasteiger partial charge in [0.1, 0.15) is 5.75 Å². The second-order valence-corrected chi connectivity index (χ2v) is 4.60. The van der Waals surface area contributed by atoms with Gasteiger partial charge in [-0.3, -0.25) is 4.79 Å². The Morgan fingerprint density at radius 2 is 2.00 bits per heavy atom.